The van der Waals surface area contributed by atoms with Crippen LogP contribution >= 0.6 is 0 Å². The highest BCUT2D eigenvalue weighted by molar-refractivity contribution is 7.04. The molecule has 0 amide bonds. The van der Waals surface area contributed by atoms with Crippen molar-refractivity contribution in [2.75, 3.05) is 0 Å². The Bertz CT molecular complexity index is 90.1. The molecule has 0 spiro atoms. The highest BCUT2D eigenvalue weighted by atomic mass is 28.3. The number of rotatable bonds is 0. The molecule has 0 aromatic carbocycles. The van der Waals surface area contributed by atoms with Crippen molar-refractivity contribution in [3.05, 3.63) is 0 Å². The average molecular weight is 114 g/mol. The van der Waals surface area contributed by atoms with Gasteiger partial charge >= 0.3 is 0 Å². The molecule has 34 valence electrons. The first kappa shape index (κ1) is 3.44. The predicted octanol–water partition coefficient (Wildman–Crippen LogP) is -0.377. The van der Waals surface area contributed by atoms with Gasteiger partial charge < -0.3 is 0 Å². The Morgan fingerprint density at radius 1 is 1.00 bits per heavy atom. The molecular formula is C4H10Si2. The molecule has 2 fully saturated rings. The summed E-state index contributed by atoms with van der Waals surface area (Å²) in [5.74, 6) is 0. The minimum absolute atomic E-state index is 0.557. The highest BCUT2D eigenvalue weighted by Gasteiger charge is 2.76. The molecule has 0 aromatic heterocycles. The van der Waals surface area contributed by atoms with Crippen LogP contribution in [0.15, 0.2) is 0 Å². The van der Waals surface area contributed by atoms with Gasteiger partial charge in [-0.05, 0) is 0 Å². The lowest BCUT2D eigenvalue weighted by atomic mass is 10.4. The molecule has 0 bridgehead atoms. The van der Waals surface area contributed by atoms with Crippen molar-refractivity contribution in [3.8, 4) is 0 Å². The summed E-state index contributed by atoms with van der Waals surface area (Å²) in [5.41, 5.74) is 0. The molecule has 2 aliphatic rings. The van der Waals surface area contributed by atoms with E-state index in [0.29, 0.717) is 19.0 Å². The minimum atomic E-state index is 0.557. The summed E-state index contributed by atoms with van der Waals surface area (Å²) >= 11 is 0. The molecule has 0 saturated carbocycles. The van der Waals surface area contributed by atoms with E-state index in [-0.39, 0.29) is 0 Å². The zero-order valence-corrected chi connectivity index (χ0v) is 7.24. The van der Waals surface area contributed by atoms with Crippen molar-refractivity contribution in [2.24, 2.45) is 0 Å². The van der Waals surface area contributed by atoms with Crippen molar-refractivity contribution < 1.29 is 0 Å². The maximum Gasteiger partial charge on any atom is 0.0255 e. The van der Waals surface area contributed by atoms with Gasteiger partial charge in [-0.2, -0.15) is 0 Å². The van der Waals surface area contributed by atoms with Crippen LogP contribution < -0.4 is 0 Å². The SMILES string of the molecule is CC12[SiH2]C1(C)[SiH2]2. The summed E-state index contributed by atoms with van der Waals surface area (Å²) in [7, 11) is 1.11. The van der Waals surface area contributed by atoms with Crippen LogP contribution in [0.25, 0.3) is 0 Å². The highest BCUT2D eigenvalue weighted by Crippen LogP contribution is 2.83. The Kier molecular flexibility index (Phi) is 0.294. The van der Waals surface area contributed by atoms with Crippen LogP contribution in [0, 0.1) is 0 Å². The molecule has 0 N–H and O–H groups in total. The third kappa shape index (κ3) is 0.172. The molecule has 0 atom stereocenters. The lowest BCUT2D eigenvalue weighted by Gasteiger charge is -1.81. The third-order valence-electron chi connectivity index (χ3n) is 2.77. The lowest BCUT2D eigenvalue weighted by molar-refractivity contribution is 1.02. The monoisotopic (exact) mass is 114 g/mol. The van der Waals surface area contributed by atoms with Crippen molar-refractivity contribution in [2.45, 2.75) is 23.2 Å². The Morgan fingerprint density at radius 2 is 1.17 bits per heavy atom. The molecule has 6 heavy (non-hydrogen) atoms. The summed E-state index contributed by atoms with van der Waals surface area (Å²) in [5, 5.41) is 0. The van der Waals surface area contributed by atoms with Crippen molar-refractivity contribution in [3.63, 3.8) is 0 Å². The first-order valence-corrected chi connectivity index (χ1v) is 5.49. The van der Waals surface area contributed by atoms with E-state index < -0.39 is 0 Å². The largest absolute Gasteiger partial charge is 0.0655 e. The fourth-order valence-corrected chi connectivity index (χ4v) is 10.00. The first-order chi connectivity index (χ1) is 2.66. The lowest BCUT2D eigenvalue weighted by Crippen LogP contribution is -1.90. The molecular weight excluding hydrogens is 104 g/mol. The van der Waals surface area contributed by atoms with E-state index in [1.807, 2.05) is 0 Å². The van der Waals surface area contributed by atoms with Crippen LogP contribution in [0.2, 0.25) is 9.32 Å². The molecule has 2 heteroatoms. The number of fused-ring (bicyclic) bond motifs is 1. The van der Waals surface area contributed by atoms with Crippen molar-refractivity contribution in [1.29, 1.82) is 0 Å². The second-order valence-corrected chi connectivity index (χ2v) is 12.4. The van der Waals surface area contributed by atoms with Crippen LogP contribution in [0.4, 0.5) is 0 Å². The maximum absolute atomic E-state index is 2.51. The topological polar surface area (TPSA) is 0 Å². The van der Waals surface area contributed by atoms with E-state index in [1.165, 1.54) is 0 Å². The van der Waals surface area contributed by atoms with Gasteiger partial charge in [-0.1, -0.05) is 23.2 Å². The van der Waals surface area contributed by atoms with Gasteiger partial charge in [-0.3, -0.25) is 0 Å². The van der Waals surface area contributed by atoms with E-state index in [1.54, 1.807) is 0 Å². The second-order valence-electron chi connectivity index (χ2n) is 3.47. The van der Waals surface area contributed by atoms with Gasteiger partial charge in [0, 0.05) is 19.0 Å². The maximum atomic E-state index is 2.51. The first-order valence-electron chi connectivity index (χ1n) is 2.66. The normalized spacial score (nSPS) is 81.0. The predicted molar refractivity (Wildman–Crippen MR) is 33.8 cm³/mol. The van der Waals surface area contributed by atoms with Crippen LogP contribution in [-0.4, -0.2) is 19.0 Å². The van der Waals surface area contributed by atoms with Crippen molar-refractivity contribution in [1.82, 2.24) is 0 Å². The van der Waals surface area contributed by atoms with Gasteiger partial charge in [0.2, 0.25) is 0 Å². The van der Waals surface area contributed by atoms with Gasteiger partial charge in [0.15, 0.2) is 0 Å². The van der Waals surface area contributed by atoms with E-state index >= 15 is 0 Å². The smallest absolute Gasteiger partial charge is 0.0255 e. The van der Waals surface area contributed by atoms with Gasteiger partial charge in [0.25, 0.3) is 0 Å². The molecule has 2 rings (SSSR count). The van der Waals surface area contributed by atoms with Gasteiger partial charge in [0.1, 0.15) is 0 Å². The Morgan fingerprint density at radius 3 is 1.17 bits per heavy atom. The van der Waals surface area contributed by atoms with Gasteiger partial charge in [-0.15, -0.1) is 0 Å². The van der Waals surface area contributed by atoms with E-state index in [0.717, 1.165) is 9.32 Å². The fraction of sp³-hybridized carbons (Fsp3) is 1.00. The summed E-state index contributed by atoms with van der Waals surface area (Å²) in [6.07, 6.45) is 0. The average Bonchev–Trinajstić information content (AvgIpc) is 1.78. The van der Waals surface area contributed by atoms with Crippen LogP contribution in [0.1, 0.15) is 13.8 Å². The zero-order valence-electron chi connectivity index (χ0n) is 4.41. The number of hydrogen-bond donors (Lipinski definition) is 0. The fourth-order valence-electron chi connectivity index (χ4n) is 1.58. The summed E-state index contributed by atoms with van der Waals surface area (Å²) in [4.78, 5) is 0. The van der Waals surface area contributed by atoms with Gasteiger partial charge in [-0.25, -0.2) is 0 Å². The second kappa shape index (κ2) is 0.513. The summed E-state index contributed by atoms with van der Waals surface area (Å²) in [6.45, 7) is 5.01. The van der Waals surface area contributed by atoms with E-state index in [9.17, 15) is 0 Å². The molecule has 2 saturated heterocycles. The minimum Gasteiger partial charge on any atom is -0.0655 e. The molecule has 0 aromatic rings. The molecule has 0 nitrogen and oxygen atoms in total. The van der Waals surface area contributed by atoms with E-state index in [4.69, 9.17) is 0 Å². The third-order valence-corrected chi connectivity index (χ3v) is 12.3. The molecule has 0 aliphatic carbocycles. The molecule has 0 radical (unpaired) electrons. The van der Waals surface area contributed by atoms with Gasteiger partial charge in [0.05, 0.1) is 0 Å². The molecule has 2 aliphatic heterocycles. The summed E-state index contributed by atoms with van der Waals surface area (Å²) in [6, 6.07) is 0. The van der Waals surface area contributed by atoms with Crippen LogP contribution in [-0.2, 0) is 0 Å². The van der Waals surface area contributed by atoms with E-state index in [2.05, 4.69) is 13.8 Å². The van der Waals surface area contributed by atoms with Crippen LogP contribution in [0.5, 0.6) is 0 Å². The quantitative estimate of drug-likeness (QED) is 0.377. The Hall–Kier alpha value is 0.434. The summed E-state index contributed by atoms with van der Waals surface area (Å²) < 4.78 is 2.26. The Labute approximate surface area is 43.0 Å². The zero-order chi connectivity index (χ0) is 4.41. The molecule has 2 heterocycles. The molecule has 0 unspecified atom stereocenters. The number of hydrogen-bond acceptors (Lipinski definition) is 0. The van der Waals surface area contributed by atoms with Crippen molar-refractivity contribution >= 4 is 19.0 Å². The van der Waals surface area contributed by atoms with Crippen LogP contribution in [0.3, 0.4) is 0 Å². The standard InChI is InChI=1S/C4H10Si2/c1-3-4(2,5-3)6-3/h5-6H2,1-2H3. The Balaban J connectivity index is 2.34.